The lowest BCUT2D eigenvalue weighted by Crippen LogP contribution is -2.59. The van der Waals surface area contributed by atoms with Gasteiger partial charge in [-0.05, 0) is 12.1 Å². The summed E-state index contributed by atoms with van der Waals surface area (Å²) in [5.74, 6) is -0.464. The second-order valence-corrected chi connectivity index (χ2v) is 8.23. The molecule has 13 nitrogen and oxygen atoms in total. The summed E-state index contributed by atoms with van der Waals surface area (Å²) in [5, 5.41) is 46.8. The van der Waals surface area contributed by atoms with E-state index in [1.54, 1.807) is 35.1 Å². The van der Waals surface area contributed by atoms with E-state index in [4.69, 9.17) is 14.2 Å². The van der Waals surface area contributed by atoms with E-state index in [1.165, 1.54) is 4.90 Å². The van der Waals surface area contributed by atoms with Gasteiger partial charge in [-0.15, -0.1) is 5.10 Å². The van der Waals surface area contributed by atoms with Crippen molar-refractivity contribution in [3.05, 3.63) is 36.0 Å². The second-order valence-electron chi connectivity index (χ2n) is 8.23. The monoisotopic (exact) mass is 492 g/mol. The summed E-state index contributed by atoms with van der Waals surface area (Å²) in [4.78, 5) is 24.9. The van der Waals surface area contributed by atoms with Crippen LogP contribution in [0.15, 0.2) is 30.5 Å². The van der Waals surface area contributed by atoms with Crippen LogP contribution in [0.1, 0.15) is 16.8 Å². The van der Waals surface area contributed by atoms with Gasteiger partial charge in [0.15, 0.2) is 6.29 Å². The summed E-state index contributed by atoms with van der Waals surface area (Å²) >= 11 is 0. The number of β-lactam (4-membered cyclic amide) rings is 1. The van der Waals surface area contributed by atoms with Crippen LogP contribution in [0.5, 0.6) is 0 Å². The van der Waals surface area contributed by atoms with Gasteiger partial charge in [0.25, 0.3) is 5.91 Å². The minimum absolute atomic E-state index is 0.0550. The number of nitrogens with zero attached hydrogens (tertiary/aromatic N) is 4. The number of amides is 2. The lowest BCUT2D eigenvalue weighted by atomic mass is 9.99. The molecule has 0 radical (unpaired) electrons. The van der Waals surface area contributed by atoms with Crippen LogP contribution >= 0.6 is 0 Å². The first-order chi connectivity index (χ1) is 16.9. The normalized spacial score (nSPS) is 26.6. The molecule has 2 aliphatic rings. The number of carbonyl (C=O) groups is 2. The average Bonchev–Trinajstić information content (AvgIpc) is 3.34. The maximum atomic E-state index is 12.2. The Labute approximate surface area is 200 Å². The van der Waals surface area contributed by atoms with Crippen LogP contribution in [0.4, 0.5) is 0 Å². The third-order valence-corrected chi connectivity index (χ3v) is 5.88. The lowest BCUT2D eigenvalue weighted by Gasteiger charge is -2.39. The topological polar surface area (TPSA) is 177 Å². The van der Waals surface area contributed by atoms with Gasteiger partial charge in [-0.25, -0.2) is 4.68 Å². The number of aliphatic hydroxyl groups excluding tert-OH is 4. The molecule has 1 aromatic carbocycles. The summed E-state index contributed by atoms with van der Waals surface area (Å²) in [6, 6.07) is 6.80. The van der Waals surface area contributed by atoms with Crippen molar-refractivity contribution in [2.75, 3.05) is 33.0 Å². The van der Waals surface area contributed by atoms with Crippen LogP contribution < -0.4 is 0 Å². The fourth-order valence-corrected chi connectivity index (χ4v) is 3.70. The zero-order valence-corrected chi connectivity index (χ0v) is 18.8. The van der Waals surface area contributed by atoms with E-state index in [-0.39, 0.29) is 25.0 Å². The third kappa shape index (κ3) is 5.73. The van der Waals surface area contributed by atoms with Gasteiger partial charge in [-0.1, -0.05) is 17.3 Å². The van der Waals surface area contributed by atoms with Crippen molar-refractivity contribution < 1.29 is 44.2 Å². The van der Waals surface area contributed by atoms with Crippen LogP contribution in [0.3, 0.4) is 0 Å². The van der Waals surface area contributed by atoms with Crippen molar-refractivity contribution in [1.82, 2.24) is 19.9 Å². The molecular formula is C22H28N4O9. The van der Waals surface area contributed by atoms with Crippen molar-refractivity contribution in [1.29, 1.82) is 0 Å². The highest BCUT2D eigenvalue weighted by atomic mass is 16.7. The molecule has 0 saturated carbocycles. The summed E-state index contributed by atoms with van der Waals surface area (Å²) in [6.07, 6.45) is -4.45. The number of benzene rings is 1. The number of rotatable bonds is 10. The molecule has 2 amide bonds. The summed E-state index contributed by atoms with van der Waals surface area (Å²) in [7, 11) is 0. The quantitative estimate of drug-likeness (QED) is 0.166. The molecule has 2 aliphatic heterocycles. The fraction of sp³-hybridized carbons (Fsp3) is 0.545. The first-order valence-corrected chi connectivity index (χ1v) is 11.2. The van der Waals surface area contributed by atoms with E-state index in [2.05, 4.69) is 10.3 Å². The first kappa shape index (κ1) is 25.3. The first-order valence-electron chi connectivity index (χ1n) is 11.2. The molecule has 2 saturated heterocycles. The Morgan fingerprint density at radius 3 is 2.51 bits per heavy atom. The van der Waals surface area contributed by atoms with Gasteiger partial charge in [0.1, 0.15) is 30.1 Å². The molecule has 2 aromatic rings. The molecule has 4 N–H and O–H groups in total. The fourth-order valence-electron chi connectivity index (χ4n) is 3.70. The van der Waals surface area contributed by atoms with Gasteiger partial charge < -0.3 is 34.6 Å². The molecule has 0 aliphatic carbocycles. The predicted molar refractivity (Wildman–Crippen MR) is 117 cm³/mol. The summed E-state index contributed by atoms with van der Waals surface area (Å²) in [6.45, 7) is 0.878. The zero-order valence-electron chi connectivity index (χ0n) is 18.8. The van der Waals surface area contributed by atoms with Gasteiger partial charge >= 0.3 is 0 Å². The van der Waals surface area contributed by atoms with Crippen molar-refractivity contribution in [2.24, 2.45) is 0 Å². The van der Waals surface area contributed by atoms with Gasteiger partial charge in [-0.3, -0.25) is 14.5 Å². The number of likely N-dealkylation sites (tertiary alicyclic amines) is 1. The van der Waals surface area contributed by atoms with E-state index >= 15 is 0 Å². The van der Waals surface area contributed by atoms with E-state index in [1.807, 2.05) is 0 Å². The standard InChI is InChI=1S/C22H28N4O9/c27-12-16-18(29)19(30)20(31)22(35-16)34-10-9-33-8-7-25-11-15(23-24-25)13-1-3-14(4-2-13)21(32)26-6-5-17(26)28/h1-4,11,16,18-20,22,27,29-31H,5-10,12H2. The summed E-state index contributed by atoms with van der Waals surface area (Å²) < 4.78 is 17.7. The molecule has 3 heterocycles. The smallest absolute Gasteiger partial charge is 0.260 e. The van der Waals surface area contributed by atoms with Crippen molar-refractivity contribution in [3.8, 4) is 11.3 Å². The third-order valence-electron chi connectivity index (χ3n) is 5.88. The highest BCUT2D eigenvalue weighted by Crippen LogP contribution is 2.22. The number of aliphatic hydroxyl groups is 4. The molecule has 190 valence electrons. The highest BCUT2D eigenvalue weighted by Gasteiger charge is 2.43. The molecule has 0 bridgehead atoms. The van der Waals surface area contributed by atoms with Crippen molar-refractivity contribution in [2.45, 2.75) is 43.7 Å². The molecule has 2 fully saturated rings. The van der Waals surface area contributed by atoms with Gasteiger partial charge in [0, 0.05) is 24.1 Å². The van der Waals surface area contributed by atoms with Crippen LogP contribution in [-0.2, 0) is 25.5 Å². The minimum atomic E-state index is -1.49. The number of aromatic nitrogens is 3. The molecular weight excluding hydrogens is 464 g/mol. The molecule has 4 rings (SSSR count). The van der Waals surface area contributed by atoms with E-state index in [0.717, 1.165) is 5.56 Å². The largest absolute Gasteiger partial charge is 0.394 e. The van der Waals surface area contributed by atoms with E-state index < -0.39 is 37.3 Å². The Kier molecular flexibility index (Phi) is 8.18. The van der Waals surface area contributed by atoms with E-state index in [9.17, 15) is 30.0 Å². The van der Waals surface area contributed by atoms with Crippen LogP contribution in [0.25, 0.3) is 11.3 Å². The summed E-state index contributed by atoms with van der Waals surface area (Å²) in [5.41, 5.74) is 1.83. The van der Waals surface area contributed by atoms with Gasteiger partial charge in [0.05, 0.1) is 39.2 Å². The maximum Gasteiger partial charge on any atom is 0.260 e. The molecule has 13 heteroatoms. The average molecular weight is 492 g/mol. The highest BCUT2D eigenvalue weighted by molar-refractivity contribution is 6.07. The minimum Gasteiger partial charge on any atom is -0.394 e. The Morgan fingerprint density at radius 2 is 1.86 bits per heavy atom. The number of hydrogen-bond donors (Lipinski definition) is 4. The van der Waals surface area contributed by atoms with E-state index in [0.29, 0.717) is 37.4 Å². The Balaban J connectivity index is 1.18. The molecule has 1 aromatic heterocycles. The zero-order chi connectivity index (χ0) is 24.9. The maximum absolute atomic E-state index is 12.2. The van der Waals surface area contributed by atoms with Gasteiger partial charge in [0.2, 0.25) is 5.91 Å². The Morgan fingerprint density at radius 1 is 1.09 bits per heavy atom. The van der Waals surface area contributed by atoms with Crippen molar-refractivity contribution >= 4 is 11.8 Å². The predicted octanol–water partition coefficient (Wildman–Crippen LogP) is -1.85. The SMILES string of the molecule is O=C1CCN1C(=O)c1ccc(-c2cn(CCOCCOC3OC(CO)C(O)C(O)C3O)nn2)cc1. The second kappa shape index (κ2) is 11.3. The number of hydrogen-bond acceptors (Lipinski definition) is 11. The Hall–Kier alpha value is -2.78. The van der Waals surface area contributed by atoms with Gasteiger partial charge in [-0.2, -0.15) is 0 Å². The number of ether oxygens (including phenoxy) is 3. The lowest BCUT2D eigenvalue weighted by molar-refractivity contribution is -0.302. The van der Waals surface area contributed by atoms with Crippen LogP contribution in [0, 0.1) is 0 Å². The number of imide groups is 1. The van der Waals surface area contributed by atoms with Crippen LogP contribution in [0.2, 0.25) is 0 Å². The molecule has 0 spiro atoms. The molecule has 5 unspecified atom stereocenters. The Bertz CT molecular complexity index is 1010. The molecule has 5 atom stereocenters. The van der Waals surface area contributed by atoms with Crippen molar-refractivity contribution in [3.63, 3.8) is 0 Å². The number of carbonyl (C=O) groups excluding carboxylic acids is 2. The molecule has 35 heavy (non-hydrogen) atoms. The van der Waals surface area contributed by atoms with Crippen LogP contribution in [-0.4, -0.2) is 116 Å².